The summed E-state index contributed by atoms with van der Waals surface area (Å²) in [6.07, 6.45) is 0.839. The number of nitrogens with zero attached hydrogens (tertiary/aromatic N) is 2. The maximum Gasteiger partial charge on any atom is 0.414 e. The molecule has 0 radical (unpaired) electrons. The Morgan fingerprint density at radius 3 is 2.73 bits per heavy atom. The lowest BCUT2D eigenvalue weighted by molar-refractivity contribution is -0.125. The predicted octanol–water partition coefficient (Wildman–Crippen LogP) is 1.52. The molecule has 1 aromatic carbocycles. The summed E-state index contributed by atoms with van der Waals surface area (Å²) in [5.74, 6) is -1.19. The van der Waals surface area contributed by atoms with Gasteiger partial charge in [0.15, 0.2) is 0 Å². The molecule has 1 unspecified atom stereocenters. The standard InChI is InChI=1S/C15H17FN2O4/c16-12-8-11(17-5-1-2-10(9-19)14(17)20)3-4-13(12)18-6-7-22-15(18)21/h3-4,8,10,19H,1-2,5-7,9H2. The van der Waals surface area contributed by atoms with Crippen molar-refractivity contribution in [2.75, 3.05) is 36.1 Å². The summed E-state index contributed by atoms with van der Waals surface area (Å²) < 4.78 is 19.1. The summed E-state index contributed by atoms with van der Waals surface area (Å²) in [6, 6.07) is 4.34. The van der Waals surface area contributed by atoms with E-state index in [4.69, 9.17) is 4.74 Å². The van der Waals surface area contributed by atoms with Crippen molar-refractivity contribution in [2.24, 2.45) is 5.92 Å². The van der Waals surface area contributed by atoms with Gasteiger partial charge < -0.3 is 14.7 Å². The summed E-state index contributed by atoms with van der Waals surface area (Å²) in [5.41, 5.74) is 0.589. The van der Waals surface area contributed by atoms with Crippen LogP contribution in [0, 0.1) is 11.7 Å². The van der Waals surface area contributed by atoms with Crippen LogP contribution in [0.2, 0.25) is 0 Å². The fraction of sp³-hybridized carbons (Fsp3) is 0.467. The van der Waals surface area contributed by atoms with E-state index in [0.29, 0.717) is 25.2 Å². The predicted molar refractivity (Wildman–Crippen MR) is 77.3 cm³/mol. The first kappa shape index (κ1) is 14.8. The molecule has 0 saturated carbocycles. The second-order valence-electron chi connectivity index (χ2n) is 5.41. The van der Waals surface area contributed by atoms with Crippen LogP contribution in [0.3, 0.4) is 0 Å². The second-order valence-corrected chi connectivity index (χ2v) is 5.41. The lowest BCUT2D eigenvalue weighted by Crippen LogP contribution is -2.42. The van der Waals surface area contributed by atoms with Crippen LogP contribution in [-0.4, -0.2) is 43.4 Å². The minimum Gasteiger partial charge on any atom is -0.447 e. The number of hydrogen-bond donors (Lipinski definition) is 1. The highest BCUT2D eigenvalue weighted by atomic mass is 19.1. The van der Waals surface area contributed by atoms with Gasteiger partial charge in [0, 0.05) is 12.2 Å². The number of rotatable bonds is 3. The van der Waals surface area contributed by atoms with E-state index in [1.54, 1.807) is 6.07 Å². The molecule has 2 saturated heterocycles. The molecule has 0 aliphatic carbocycles. The Kier molecular flexibility index (Phi) is 3.98. The van der Waals surface area contributed by atoms with Crippen molar-refractivity contribution >= 4 is 23.4 Å². The average molecular weight is 308 g/mol. The molecular formula is C15H17FN2O4. The fourth-order valence-electron chi connectivity index (χ4n) is 2.87. The Morgan fingerprint density at radius 1 is 1.27 bits per heavy atom. The number of benzene rings is 1. The van der Waals surface area contributed by atoms with E-state index >= 15 is 0 Å². The van der Waals surface area contributed by atoms with E-state index in [0.717, 1.165) is 6.42 Å². The molecule has 2 fully saturated rings. The summed E-state index contributed by atoms with van der Waals surface area (Å²) in [5, 5.41) is 9.22. The largest absolute Gasteiger partial charge is 0.447 e. The van der Waals surface area contributed by atoms with Gasteiger partial charge in [-0.25, -0.2) is 9.18 Å². The molecule has 22 heavy (non-hydrogen) atoms. The van der Waals surface area contributed by atoms with Gasteiger partial charge in [0.05, 0.1) is 24.8 Å². The number of aliphatic hydroxyl groups excluding tert-OH is 1. The zero-order valence-electron chi connectivity index (χ0n) is 12.0. The van der Waals surface area contributed by atoms with Gasteiger partial charge in [0.2, 0.25) is 5.91 Å². The van der Waals surface area contributed by atoms with E-state index in [1.165, 1.54) is 21.9 Å². The number of ether oxygens (including phenoxy) is 1. The molecule has 118 valence electrons. The maximum absolute atomic E-state index is 14.3. The molecule has 3 rings (SSSR count). The Hall–Kier alpha value is -2.15. The summed E-state index contributed by atoms with van der Waals surface area (Å²) in [6.45, 7) is 0.850. The first-order chi connectivity index (χ1) is 10.6. The summed E-state index contributed by atoms with van der Waals surface area (Å²) >= 11 is 0. The molecule has 1 aromatic rings. The average Bonchev–Trinajstić information content (AvgIpc) is 2.93. The van der Waals surface area contributed by atoms with E-state index in [9.17, 15) is 19.1 Å². The van der Waals surface area contributed by atoms with E-state index in [-0.39, 0.29) is 24.8 Å². The summed E-state index contributed by atoms with van der Waals surface area (Å²) in [7, 11) is 0. The van der Waals surface area contributed by atoms with Gasteiger partial charge >= 0.3 is 6.09 Å². The van der Waals surface area contributed by atoms with E-state index in [2.05, 4.69) is 0 Å². The number of carbonyl (C=O) groups excluding carboxylic acids is 2. The number of amides is 2. The number of aliphatic hydroxyl groups is 1. The highest BCUT2D eigenvalue weighted by Crippen LogP contribution is 2.30. The van der Waals surface area contributed by atoms with Gasteiger partial charge in [-0.3, -0.25) is 9.69 Å². The maximum atomic E-state index is 14.3. The third-order valence-corrected chi connectivity index (χ3v) is 4.06. The van der Waals surface area contributed by atoms with Crippen LogP contribution >= 0.6 is 0 Å². The van der Waals surface area contributed by atoms with Gasteiger partial charge in [-0.05, 0) is 31.0 Å². The zero-order valence-corrected chi connectivity index (χ0v) is 12.0. The first-order valence-electron chi connectivity index (χ1n) is 7.28. The Morgan fingerprint density at radius 2 is 2.09 bits per heavy atom. The Labute approximate surface area is 127 Å². The van der Waals surface area contributed by atoms with Crippen molar-refractivity contribution in [3.8, 4) is 0 Å². The number of halogens is 1. The van der Waals surface area contributed by atoms with Crippen LogP contribution in [0.4, 0.5) is 20.6 Å². The highest BCUT2D eigenvalue weighted by Gasteiger charge is 2.30. The van der Waals surface area contributed by atoms with E-state index < -0.39 is 17.8 Å². The van der Waals surface area contributed by atoms with Crippen LogP contribution in [0.5, 0.6) is 0 Å². The quantitative estimate of drug-likeness (QED) is 0.919. The normalized spacial score (nSPS) is 22.2. The molecule has 2 aliphatic heterocycles. The molecule has 2 amide bonds. The minimum absolute atomic E-state index is 0.148. The number of hydrogen-bond acceptors (Lipinski definition) is 4. The number of carbonyl (C=O) groups is 2. The lowest BCUT2D eigenvalue weighted by Gasteiger charge is -2.31. The van der Waals surface area contributed by atoms with Gasteiger partial charge in [-0.15, -0.1) is 0 Å². The van der Waals surface area contributed by atoms with Crippen molar-refractivity contribution in [1.29, 1.82) is 0 Å². The molecule has 2 aliphatic rings. The molecule has 1 N–H and O–H groups in total. The third kappa shape index (κ3) is 2.52. The van der Waals surface area contributed by atoms with Crippen LogP contribution in [-0.2, 0) is 9.53 Å². The monoisotopic (exact) mass is 308 g/mol. The Bertz CT molecular complexity index is 607. The van der Waals surface area contributed by atoms with Crippen molar-refractivity contribution in [3.63, 3.8) is 0 Å². The highest BCUT2D eigenvalue weighted by molar-refractivity contribution is 5.96. The molecule has 2 heterocycles. The second kappa shape index (κ2) is 5.92. The minimum atomic E-state index is -0.574. The van der Waals surface area contributed by atoms with Crippen LogP contribution in [0.1, 0.15) is 12.8 Å². The van der Waals surface area contributed by atoms with Gasteiger partial charge in [0.25, 0.3) is 0 Å². The molecule has 0 spiro atoms. The van der Waals surface area contributed by atoms with Crippen LogP contribution < -0.4 is 9.80 Å². The lowest BCUT2D eigenvalue weighted by atomic mass is 9.97. The molecule has 6 nitrogen and oxygen atoms in total. The summed E-state index contributed by atoms with van der Waals surface area (Å²) in [4.78, 5) is 26.4. The fourth-order valence-corrected chi connectivity index (χ4v) is 2.87. The number of anilines is 2. The van der Waals surface area contributed by atoms with Crippen molar-refractivity contribution < 1.29 is 23.8 Å². The Balaban J connectivity index is 1.85. The van der Waals surface area contributed by atoms with Crippen molar-refractivity contribution in [2.45, 2.75) is 12.8 Å². The van der Waals surface area contributed by atoms with Crippen molar-refractivity contribution in [3.05, 3.63) is 24.0 Å². The molecule has 1 atom stereocenters. The topological polar surface area (TPSA) is 70.1 Å². The van der Waals surface area contributed by atoms with Crippen LogP contribution in [0.25, 0.3) is 0 Å². The van der Waals surface area contributed by atoms with Gasteiger partial charge in [0.1, 0.15) is 12.4 Å². The first-order valence-corrected chi connectivity index (χ1v) is 7.28. The number of cyclic esters (lactones) is 1. The molecule has 7 heteroatoms. The smallest absolute Gasteiger partial charge is 0.414 e. The van der Waals surface area contributed by atoms with Crippen LogP contribution in [0.15, 0.2) is 18.2 Å². The molecule has 0 bridgehead atoms. The van der Waals surface area contributed by atoms with Gasteiger partial charge in [-0.1, -0.05) is 0 Å². The van der Waals surface area contributed by atoms with Crippen molar-refractivity contribution in [1.82, 2.24) is 0 Å². The van der Waals surface area contributed by atoms with E-state index in [1.807, 2.05) is 0 Å². The number of piperidine rings is 1. The van der Waals surface area contributed by atoms with Gasteiger partial charge in [-0.2, -0.15) is 0 Å². The molecule has 0 aromatic heterocycles. The third-order valence-electron chi connectivity index (χ3n) is 4.06. The molecular weight excluding hydrogens is 291 g/mol. The zero-order chi connectivity index (χ0) is 15.7. The SMILES string of the molecule is O=C1C(CO)CCCN1c1ccc(N2CCOC2=O)c(F)c1.